The highest BCUT2D eigenvalue weighted by molar-refractivity contribution is 4.93. The highest BCUT2D eigenvalue weighted by atomic mass is 14.3. The van der Waals surface area contributed by atoms with E-state index in [1.807, 2.05) is 0 Å². The van der Waals surface area contributed by atoms with Gasteiger partial charge in [-0.15, -0.1) is 6.58 Å². The average Bonchev–Trinajstić information content (AvgIpc) is 2.16. The maximum Gasteiger partial charge on any atom is -0.0295 e. The lowest BCUT2D eigenvalue weighted by atomic mass is 9.74. The molecule has 82 valence electrons. The maximum absolute atomic E-state index is 4.06. The third-order valence-corrected chi connectivity index (χ3v) is 3.61. The normalized spacial score (nSPS) is 27.6. The summed E-state index contributed by atoms with van der Waals surface area (Å²) in [6.07, 6.45) is 11.4. The van der Waals surface area contributed by atoms with Gasteiger partial charge in [-0.1, -0.05) is 51.0 Å². The summed E-state index contributed by atoms with van der Waals surface area (Å²) in [6.45, 7) is 8.55. The van der Waals surface area contributed by atoms with Gasteiger partial charge in [0.25, 0.3) is 0 Å². The zero-order valence-corrected chi connectivity index (χ0v) is 10.0. The molecule has 0 radical (unpaired) electrons. The van der Waals surface area contributed by atoms with Crippen LogP contribution in [-0.4, -0.2) is 0 Å². The molecule has 1 rings (SSSR count). The van der Waals surface area contributed by atoms with Crippen molar-refractivity contribution in [2.45, 2.75) is 65.2 Å². The molecular weight excluding hydrogens is 168 g/mol. The van der Waals surface area contributed by atoms with Gasteiger partial charge in [0.05, 0.1) is 0 Å². The summed E-state index contributed by atoms with van der Waals surface area (Å²) in [6, 6.07) is 0. The summed E-state index contributed by atoms with van der Waals surface area (Å²) in [4.78, 5) is 0. The monoisotopic (exact) mass is 194 g/mol. The van der Waals surface area contributed by atoms with E-state index in [4.69, 9.17) is 0 Å². The van der Waals surface area contributed by atoms with Crippen LogP contribution in [0.25, 0.3) is 0 Å². The van der Waals surface area contributed by atoms with Crippen molar-refractivity contribution in [2.24, 2.45) is 11.8 Å². The Morgan fingerprint density at radius 3 is 2.43 bits per heavy atom. The smallest absolute Gasteiger partial charge is 0.0295 e. The minimum Gasteiger partial charge on any atom is -0.100 e. The van der Waals surface area contributed by atoms with Crippen molar-refractivity contribution in [3.8, 4) is 0 Å². The molecule has 0 aliphatic heterocycles. The van der Waals surface area contributed by atoms with Crippen LogP contribution < -0.4 is 0 Å². The highest BCUT2D eigenvalue weighted by Gasteiger charge is 2.23. The van der Waals surface area contributed by atoms with Gasteiger partial charge in [0.1, 0.15) is 0 Å². The number of hydrogen-bond acceptors (Lipinski definition) is 0. The molecule has 1 aliphatic rings. The summed E-state index contributed by atoms with van der Waals surface area (Å²) >= 11 is 0. The molecule has 0 aromatic rings. The van der Waals surface area contributed by atoms with Crippen molar-refractivity contribution < 1.29 is 0 Å². The van der Waals surface area contributed by atoms with Crippen LogP contribution in [0.2, 0.25) is 0 Å². The Bertz CT molecular complexity index is 169. The molecule has 0 N–H and O–H groups in total. The lowest BCUT2D eigenvalue weighted by molar-refractivity contribution is 0.218. The second kappa shape index (κ2) is 6.27. The Hall–Kier alpha value is -0.260. The van der Waals surface area contributed by atoms with Gasteiger partial charge < -0.3 is 0 Å². The van der Waals surface area contributed by atoms with Gasteiger partial charge in [-0.3, -0.25) is 0 Å². The molecule has 0 heteroatoms. The summed E-state index contributed by atoms with van der Waals surface area (Å²) in [5.41, 5.74) is 1.39. The number of allylic oxidation sites excluding steroid dienone is 1. The van der Waals surface area contributed by atoms with Crippen LogP contribution in [0, 0.1) is 11.8 Å². The van der Waals surface area contributed by atoms with Crippen LogP contribution in [0.4, 0.5) is 0 Å². The van der Waals surface area contributed by atoms with Crippen LogP contribution in [0.1, 0.15) is 65.2 Å². The first-order valence-electron chi connectivity index (χ1n) is 6.38. The third-order valence-electron chi connectivity index (χ3n) is 3.61. The molecule has 2 unspecified atom stereocenters. The fourth-order valence-corrected chi connectivity index (χ4v) is 2.85. The van der Waals surface area contributed by atoms with Gasteiger partial charge in [0.15, 0.2) is 0 Å². The molecule has 1 aliphatic carbocycles. The molecule has 0 bridgehead atoms. The van der Waals surface area contributed by atoms with Gasteiger partial charge in [-0.25, -0.2) is 0 Å². The van der Waals surface area contributed by atoms with E-state index in [9.17, 15) is 0 Å². The predicted molar refractivity (Wildman–Crippen MR) is 64.4 cm³/mol. The molecule has 0 saturated heterocycles. The van der Waals surface area contributed by atoms with E-state index < -0.39 is 0 Å². The first-order valence-corrected chi connectivity index (χ1v) is 6.38. The SMILES string of the molecule is C=C(C)CC1CCCCC1CCCC. The standard InChI is InChI=1S/C14H26/c1-4-5-8-13-9-6-7-10-14(13)11-12(2)3/h13-14H,2,4-11H2,1,3H3. The zero-order chi connectivity index (χ0) is 10.4. The summed E-state index contributed by atoms with van der Waals surface area (Å²) < 4.78 is 0. The quantitative estimate of drug-likeness (QED) is 0.543. The number of hydrogen-bond donors (Lipinski definition) is 0. The van der Waals surface area contributed by atoms with Crippen molar-refractivity contribution in [1.82, 2.24) is 0 Å². The minimum absolute atomic E-state index is 0.966. The first-order chi connectivity index (χ1) is 6.74. The van der Waals surface area contributed by atoms with Gasteiger partial charge in [-0.2, -0.15) is 0 Å². The van der Waals surface area contributed by atoms with E-state index in [-0.39, 0.29) is 0 Å². The highest BCUT2D eigenvalue weighted by Crippen LogP contribution is 2.36. The Balaban J connectivity index is 2.37. The summed E-state index contributed by atoms with van der Waals surface area (Å²) in [5.74, 6) is 1.98. The largest absolute Gasteiger partial charge is 0.100 e. The van der Waals surface area contributed by atoms with Crippen molar-refractivity contribution in [3.63, 3.8) is 0 Å². The third kappa shape index (κ3) is 3.86. The lowest BCUT2D eigenvalue weighted by Gasteiger charge is -2.31. The topological polar surface area (TPSA) is 0 Å². The molecule has 0 spiro atoms. The Labute approximate surface area is 89.8 Å². The second-order valence-electron chi connectivity index (χ2n) is 5.11. The number of rotatable bonds is 5. The molecule has 2 atom stereocenters. The molecular formula is C14H26. The fourth-order valence-electron chi connectivity index (χ4n) is 2.85. The number of unbranched alkanes of at least 4 members (excludes halogenated alkanes) is 1. The Morgan fingerprint density at radius 1 is 1.21 bits per heavy atom. The van der Waals surface area contributed by atoms with Gasteiger partial charge >= 0.3 is 0 Å². The van der Waals surface area contributed by atoms with Crippen LogP contribution in [0.15, 0.2) is 12.2 Å². The molecule has 0 nitrogen and oxygen atoms in total. The molecule has 1 fully saturated rings. The van der Waals surface area contributed by atoms with Crippen molar-refractivity contribution in [3.05, 3.63) is 12.2 Å². The van der Waals surface area contributed by atoms with Crippen LogP contribution >= 0.6 is 0 Å². The molecule has 0 aromatic heterocycles. The van der Waals surface area contributed by atoms with Crippen molar-refractivity contribution in [1.29, 1.82) is 0 Å². The van der Waals surface area contributed by atoms with Crippen LogP contribution in [0.5, 0.6) is 0 Å². The first kappa shape index (κ1) is 11.8. The molecule has 1 saturated carbocycles. The van der Waals surface area contributed by atoms with E-state index >= 15 is 0 Å². The Kier molecular flexibility index (Phi) is 5.29. The van der Waals surface area contributed by atoms with E-state index in [2.05, 4.69) is 20.4 Å². The lowest BCUT2D eigenvalue weighted by Crippen LogP contribution is -2.19. The van der Waals surface area contributed by atoms with E-state index in [1.54, 1.807) is 0 Å². The zero-order valence-electron chi connectivity index (χ0n) is 10.0. The summed E-state index contributed by atoms with van der Waals surface area (Å²) in [7, 11) is 0. The maximum atomic E-state index is 4.06. The molecule has 0 heterocycles. The van der Waals surface area contributed by atoms with Crippen LogP contribution in [-0.2, 0) is 0 Å². The predicted octanol–water partition coefficient (Wildman–Crippen LogP) is 4.95. The molecule has 0 amide bonds. The van der Waals surface area contributed by atoms with Crippen LogP contribution in [0.3, 0.4) is 0 Å². The van der Waals surface area contributed by atoms with Gasteiger partial charge in [0, 0.05) is 0 Å². The van der Waals surface area contributed by atoms with Crippen molar-refractivity contribution in [2.75, 3.05) is 0 Å². The van der Waals surface area contributed by atoms with Gasteiger partial charge in [-0.05, 0) is 31.6 Å². The minimum atomic E-state index is 0.966. The molecule has 14 heavy (non-hydrogen) atoms. The fraction of sp³-hybridized carbons (Fsp3) is 0.857. The average molecular weight is 194 g/mol. The van der Waals surface area contributed by atoms with Gasteiger partial charge in [0.2, 0.25) is 0 Å². The van der Waals surface area contributed by atoms with E-state index in [1.165, 1.54) is 56.9 Å². The molecule has 0 aromatic carbocycles. The van der Waals surface area contributed by atoms with E-state index in [0.29, 0.717) is 0 Å². The summed E-state index contributed by atoms with van der Waals surface area (Å²) in [5, 5.41) is 0. The van der Waals surface area contributed by atoms with Crippen molar-refractivity contribution >= 4 is 0 Å². The second-order valence-corrected chi connectivity index (χ2v) is 5.11. The van der Waals surface area contributed by atoms with E-state index in [0.717, 1.165) is 11.8 Å². The Morgan fingerprint density at radius 2 is 1.86 bits per heavy atom.